The van der Waals surface area contributed by atoms with E-state index >= 15 is 0 Å². The number of thioether (sulfide) groups is 1. The molecule has 0 unspecified atom stereocenters. The zero-order chi connectivity index (χ0) is 19.3. The van der Waals surface area contributed by atoms with Gasteiger partial charge in [-0.3, -0.25) is 4.79 Å². The van der Waals surface area contributed by atoms with Gasteiger partial charge in [-0.1, -0.05) is 60.1 Å². The van der Waals surface area contributed by atoms with Gasteiger partial charge >= 0.3 is 0 Å². The first kappa shape index (κ1) is 19.0. The van der Waals surface area contributed by atoms with Gasteiger partial charge in [0.25, 0.3) is 5.91 Å². The lowest BCUT2D eigenvalue weighted by molar-refractivity contribution is 0.102. The number of aryl methyl sites for hydroxylation is 1. The fourth-order valence-electron chi connectivity index (χ4n) is 3.19. The molecule has 1 fully saturated rings. The molecule has 146 valence electrons. The van der Waals surface area contributed by atoms with Crippen molar-refractivity contribution in [1.82, 2.24) is 30.4 Å². The molecular formula is C18H21N7OS2. The van der Waals surface area contributed by atoms with Crippen LogP contribution in [-0.4, -0.2) is 36.3 Å². The van der Waals surface area contributed by atoms with Crippen molar-refractivity contribution in [3.05, 3.63) is 39.8 Å². The normalized spacial score (nSPS) is 14.9. The standard InChI is InChI=1S/C18H21N7OS2/c1-12-7-9-13(10-8-12)19-16(26)17-21-20-15(28-17)11-27-18-22-23-24-25(18)14-5-3-2-4-6-14/h7-10,14H,2-6,11H2,1H3,(H,19,26). The molecule has 0 spiro atoms. The second kappa shape index (κ2) is 8.78. The maximum atomic E-state index is 12.4. The van der Waals surface area contributed by atoms with E-state index in [0.29, 0.717) is 16.8 Å². The van der Waals surface area contributed by atoms with E-state index in [-0.39, 0.29) is 5.91 Å². The highest BCUT2D eigenvalue weighted by molar-refractivity contribution is 7.98. The van der Waals surface area contributed by atoms with Crippen molar-refractivity contribution in [2.75, 3.05) is 5.32 Å². The van der Waals surface area contributed by atoms with Gasteiger partial charge in [0.05, 0.1) is 11.8 Å². The van der Waals surface area contributed by atoms with Crippen molar-refractivity contribution in [3.8, 4) is 0 Å². The molecule has 2 aromatic heterocycles. The van der Waals surface area contributed by atoms with Crippen LogP contribution in [0.1, 0.15) is 58.5 Å². The van der Waals surface area contributed by atoms with E-state index in [1.165, 1.54) is 42.4 Å². The van der Waals surface area contributed by atoms with E-state index < -0.39 is 0 Å². The molecule has 1 saturated carbocycles. The van der Waals surface area contributed by atoms with Gasteiger partial charge in [0.2, 0.25) is 10.2 Å². The number of hydrogen-bond donors (Lipinski definition) is 1. The molecule has 0 radical (unpaired) electrons. The van der Waals surface area contributed by atoms with Crippen molar-refractivity contribution in [2.45, 2.75) is 56.0 Å². The van der Waals surface area contributed by atoms with Gasteiger partial charge < -0.3 is 5.32 Å². The van der Waals surface area contributed by atoms with Crippen LogP contribution >= 0.6 is 23.1 Å². The van der Waals surface area contributed by atoms with E-state index in [1.807, 2.05) is 35.9 Å². The van der Waals surface area contributed by atoms with Gasteiger partial charge in [-0.2, -0.15) is 0 Å². The first-order valence-corrected chi connectivity index (χ1v) is 11.1. The fourth-order valence-corrected chi connectivity index (χ4v) is 4.85. The van der Waals surface area contributed by atoms with E-state index in [1.54, 1.807) is 0 Å². The van der Waals surface area contributed by atoms with Crippen LogP contribution in [0.2, 0.25) is 0 Å². The summed E-state index contributed by atoms with van der Waals surface area (Å²) >= 11 is 2.83. The molecule has 3 aromatic rings. The van der Waals surface area contributed by atoms with Gasteiger partial charge in [0.1, 0.15) is 5.01 Å². The average Bonchev–Trinajstić information content (AvgIpc) is 3.38. The molecule has 1 aromatic carbocycles. The van der Waals surface area contributed by atoms with Crippen LogP contribution in [0, 0.1) is 6.92 Å². The molecule has 0 aliphatic heterocycles. The summed E-state index contributed by atoms with van der Waals surface area (Å²) < 4.78 is 1.94. The van der Waals surface area contributed by atoms with Gasteiger partial charge in [-0.15, -0.1) is 15.3 Å². The lowest BCUT2D eigenvalue weighted by atomic mass is 9.96. The highest BCUT2D eigenvalue weighted by Gasteiger charge is 2.21. The Balaban J connectivity index is 1.36. The summed E-state index contributed by atoms with van der Waals surface area (Å²) in [5.41, 5.74) is 1.89. The Morgan fingerprint density at radius 2 is 1.96 bits per heavy atom. The summed E-state index contributed by atoms with van der Waals surface area (Å²) in [5, 5.41) is 25.1. The first-order valence-electron chi connectivity index (χ1n) is 9.30. The average molecular weight is 416 g/mol. The molecule has 1 N–H and O–H groups in total. The Morgan fingerprint density at radius 1 is 1.18 bits per heavy atom. The van der Waals surface area contributed by atoms with Crippen LogP contribution in [-0.2, 0) is 5.75 Å². The highest BCUT2D eigenvalue weighted by Crippen LogP contribution is 2.31. The van der Waals surface area contributed by atoms with Crippen LogP contribution in [0.25, 0.3) is 0 Å². The molecule has 0 saturated heterocycles. The SMILES string of the molecule is Cc1ccc(NC(=O)c2nnc(CSc3nnnn3C3CCCCC3)s2)cc1. The molecule has 8 nitrogen and oxygen atoms in total. The molecule has 0 atom stereocenters. The molecule has 1 aliphatic rings. The summed E-state index contributed by atoms with van der Waals surface area (Å²) in [7, 11) is 0. The third-order valence-corrected chi connectivity index (χ3v) is 6.73. The molecular weight excluding hydrogens is 394 g/mol. The molecule has 1 amide bonds. The molecule has 10 heteroatoms. The Bertz CT molecular complexity index is 932. The van der Waals surface area contributed by atoms with Crippen molar-refractivity contribution < 1.29 is 4.79 Å². The second-order valence-corrected chi connectivity index (χ2v) is 8.81. The van der Waals surface area contributed by atoms with E-state index in [0.717, 1.165) is 34.3 Å². The van der Waals surface area contributed by atoms with Crippen LogP contribution in [0.3, 0.4) is 0 Å². The lowest BCUT2D eigenvalue weighted by Crippen LogP contribution is -2.15. The summed E-state index contributed by atoms with van der Waals surface area (Å²) in [6, 6.07) is 8.03. The van der Waals surface area contributed by atoms with Crippen molar-refractivity contribution in [3.63, 3.8) is 0 Å². The Labute approximate surface area is 171 Å². The third-order valence-electron chi connectivity index (χ3n) is 4.68. The minimum Gasteiger partial charge on any atom is -0.320 e. The summed E-state index contributed by atoms with van der Waals surface area (Å²) in [4.78, 5) is 12.4. The van der Waals surface area contributed by atoms with Gasteiger partial charge in [0, 0.05) is 5.69 Å². The van der Waals surface area contributed by atoms with Gasteiger partial charge in [0.15, 0.2) is 0 Å². The van der Waals surface area contributed by atoms with Gasteiger partial charge in [-0.25, -0.2) is 4.68 Å². The van der Waals surface area contributed by atoms with Crippen LogP contribution in [0.4, 0.5) is 5.69 Å². The van der Waals surface area contributed by atoms with E-state index in [4.69, 9.17) is 0 Å². The van der Waals surface area contributed by atoms with Crippen molar-refractivity contribution in [1.29, 1.82) is 0 Å². The monoisotopic (exact) mass is 415 g/mol. The number of anilines is 1. The number of rotatable bonds is 6. The largest absolute Gasteiger partial charge is 0.320 e. The zero-order valence-electron chi connectivity index (χ0n) is 15.5. The maximum absolute atomic E-state index is 12.4. The third kappa shape index (κ3) is 4.56. The Kier molecular flexibility index (Phi) is 5.96. The minimum absolute atomic E-state index is 0.246. The number of hydrogen-bond acceptors (Lipinski definition) is 8. The predicted molar refractivity (Wildman–Crippen MR) is 109 cm³/mol. The van der Waals surface area contributed by atoms with Crippen LogP contribution in [0.5, 0.6) is 0 Å². The lowest BCUT2D eigenvalue weighted by Gasteiger charge is -2.21. The number of nitrogens with zero attached hydrogens (tertiary/aromatic N) is 6. The number of nitrogens with one attached hydrogen (secondary N) is 1. The second-order valence-electron chi connectivity index (χ2n) is 6.81. The van der Waals surface area contributed by atoms with Crippen LogP contribution < -0.4 is 5.32 Å². The Morgan fingerprint density at radius 3 is 2.75 bits per heavy atom. The van der Waals surface area contributed by atoms with Crippen molar-refractivity contribution >= 4 is 34.7 Å². The molecule has 1 aliphatic carbocycles. The number of carbonyl (C=O) groups is 1. The summed E-state index contributed by atoms with van der Waals surface area (Å²) in [6.45, 7) is 2.00. The maximum Gasteiger partial charge on any atom is 0.286 e. The number of carbonyl (C=O) groups excluding carboxylic acids is 1. The smallest absolute Gasteiger partial charge is 0.286 e. The minimum atomic E-state index is -0.246. The Hall–Kier alpha value is -2.33. The van der Waals surface area contributed by atoms with Crippen molar-refractivity contribution in [2.24, 2.45) is 0 Å². The number of amides is 1. The first-order chi connectivity index (χ1) is 13.7. The van der Waals surface area contributed by atoms with Crippen LogP contribution in [0.15, 0.2) is 29.4 Å². The zero-order valence-corrected chi connectivity index (χ0v) is 17.2. The quantitative estimate of drug-likeness (QED) is 0.610. The summed E-state index contributed by atoms with van der Waals surface area (Å²) in [6.07, 6.45) is 6.00. The molecule has 28 heavy (non-hydrogen) atoms. The summed E-state index contributed by atoms with van der Waals surface area (Å²) in [5.74, 6) is 0.340. The molecule has 2 heterocycles. The highest BCUT2D eigenvalue weighted by atomic mass is 32.2. The van der Waals surface area contributed by atoms with Gasteiger partial charge in [-0.05, 0) is 42.3 Å². The fraction of sp³-hybridized carbons (Fsp3) is 0.444. The number of tetrazole rings is 1. The van der Waals surface area contributed by atoms with E-state index in [2.05, 4.69) is 31.0 Å². The number of aromatic nitrogens is 6. The molecule has 0 bridgehead atoms. The van der Waals surface area contributed by atoms with E-state index in [9.17, 15) is 4.79 Å². The molecule has 4 rings (SSSR count). The number of benzene rings is 1. The predicted octanol–water partition coefficient (Wildman–Crippen LogP) is 3.88. The topological polar surface area (TPSA) is 98.5 Å².